The predicted octanol–water partition coefficient (Wildman–Crippen LogP) is 1.30. The highest BCUT2D eigenvalue weighted by molar-refractivity contribution is 6.52. The van der Waals surface area contributed by atoms with Crippen molar-refractivity contribution in [1.82, 2.24) is 5.32 Å². The Balaban J connectivity index is 4.53. The van der Waals surface area contributed by atoms with E-state index in [2.05, 4.69) is 26.9 Å². The van der Waals surface area contributed by atoms with Crippen LogP contribution in [0, 0.1) is 0 Å². The van der Waals surface area contributed by atoms with E-state index in [0.29, 0.717) is 6.42 Å². The lowest BCUT2D eigenvalue weighted by Crippen LogP contribution is -2.53. The Kier molecular flexibility index (Phi) is 11.6. The largest absolute Gasteiger partial charge is 0.765 e. The smallest absolute Gasteiger partial charge is 0.331 e. The summed E-state index contributed by atoms with van der Waals surface area (Å²) < 4.78 is 20.4. The lowest BCUT2D eigenvalue weighted by atomic mass is 10.3. The van der Waals surface area contributed by atoms with E-state index in [1.807, 2.05) is 6.92 Å². The van der Waals surface area contributed by atoms with Crippen LogP contribution in [0.3, 0.4) is 0 Å². The van der Waals surface area contributed by atoms with Crippen LogP contribution in [0.4, 0.5) is 0 Å². The van der Waals surface area contributed by atoms with Crippen molar-refractivity contribution in [2.45, 2.75) is 39.3 Å². The van der Waals surface area contributed by atoms with Gasteiger partial charge in [0.2, 0.25) is 0 Å². The van der Waals surface area contributed by atoms with E-state index in [9.17, 15) is 0 Å². The van der Waals surface area contributed by atoms with Gasteiger partial charge in [0.1, 0.15) is 6.23 Å². The van der Waals surface area contributed by atoms with Crippen LogP contribution in [0.2, 0.25) is 0 Å². The van der Waals surface area contributed by atoms with Crippen LogP contribution >= 0.6 is 0 Å². The quantitative estimate of drug-likeness (QED) is 0.179. The summed E-state index contributed by atoms with van der Waals surface area (Å²) in [4.78, 5) is 13.7. The third-order valence-corrected chi connectivity index (χ3v) is 3.80. The van der Waals surface area contributed by atoms with E-state index in [0.717, 1.165) is 19.4 Å². The summed E-state index contributed by atoms with van der Waals surface area (Å²) in [7, 11) is 0.273. The minimum absolute atomic E-state index is 0.321. The molecular formula is C10H25NO7Si. The van der Waals surface area contributed by atoms with Crippen LogP contribution in [0.5, 0.6) is 0 Å². The normalized spacial score (nSPS) is 13.7. The molecule has 0 aliphatic heterocycles. The van der Waals surface area contributed by atoms with E-state index >= 15 is 0 Å². The second-order valence-electron chi connectivity index (χ2n) is 3.57. The zero-order valence-corrected chi connectivity index (χ0v) is 13.3. The maximum atomic E-state index is 5.64. The molecule has 1 unspecified atom stereocenters. The van der Waals surface area contributed by atoms with Crippen LogP contribution in [-0.4, -0.2) is 43.2 Å². The fourth-order valence-electron chi connectivity index (χ4n) is 1.29. The lowest BCUT2D eigenvalue weighted by Gasteiger charge is -2.27. The summed E-state index contributed by atoms with van der Waals surface area (Å²) in [6.07, 6.45) is 2.49. The van der Waals surface area contributed by atoms with E-state index in [1.54, 1.807) is 0 Å². The van der Waals surface area contributed by atoms with Gasteiger partial charge in [0.15, 0.2) is 0 Å². The van der Waals surface area contributed by atoms with Crippen LogP contribution in [-0.2, 0) is 32.8 Å². The molecule has 0 aromatic carbocycles. The predicted molar refractivity (Wildman–Crippen MR) is 68.1 cm³/mol. The maximum absolute atomic E-state index is 5.64. The molecule has 0 saturated heterocycles. The van der Waals surface area contributed by atoms with Gasteiger partial charge < -0.3 is 4.43 Å². The zero-order valence-electron chi connectivity index (χ0n) is 12.3. The number of nitrogens with one attached hydrogen (secondary N) is 1. The first-order valence-electron chi connectivity index (χ1n) is 6.24. The van der Waals surface area contributed by atoms with Crippen molar-refractivity contribution in [3.05, 3.63) is 0 Å². The molecule has 8 nitrogen and oxygen atoms in total. The van der Waals surface area contributed by atoms with Crippen LogP contribution in [0.15, 0.2) is 0 Å². The van der Waals surface area contributed by atoms with Crippen molar-refractivity contribution in [3.8, 4) is 0 Å². The molecule has 0 radical (unpaired) electrons. The number of unbranched alkanes of at least 4 members (excludes halogenated alkanes) is 1. The topological polar surface area (TPSA) is 76.6 Å². The molecule has 0 aliphatic carbocycles. The molecule has 0 aromatic heterocycles. The summed E-state index contributed by atoms with van der Waals surface area (Å²) >= 11 is 0. The summed E-state index contributed by atoms with van der Waals surface area (Å²) in [6, 6.07) is 0. The summed E-state index contributed by atoms with van der Waals surface area (Å²) in [5, 5.41) is 3.21. The van der Waals surface area contributed by atoms with Gasteiger partial charge in [0, 0.05) is 0 Å². The average Bonchev–Trinajstić information content (AvgIpc) is 2.39. The van der Waals surface area contributed by atoms with Crippen molar-refractivity contribution in [2.75, 3.05) is 27.9 Å². The lowest BCUT2D eigenvalue weighted by molar-refractivity contribution is -0.374. The molecule has 9 heteroatoms. The molecule has 0 aromatic rings. The van der Waals surface area contributed by atoms with E-state index in [1.165, 1.54) is 21.3 Å². The average molecular weight is 299 g/mol. The molecule has 0 amide bonds. The Morgan fingerprint density at radius 2 is 1.47 bits per heavy atom. The number of hydrogen-bond donors (Lipinski definition) is 1. The third kappa shape index (κ3) is 7.92. The SMILES string of the molecule is CCCCNC(CC)O[Si](OOC)(OOC)OOC. The van der Waals surface area contributed by atoms with Gasteiger partial charge in [-0.15, -0.1) is 0 Å². The Hall–Kier alpha value is -0.103. The Morgan fingerprint density at radius 3 is 1.84 bits per heavy atom. The monoisotopic (exact) mass is 299 g/mol. The van der Waals surface area contributed by atoms with Crippen LogP contribution in [0.25, 0.3) is 0 Å². The number of hydrogen-bond acceptors (Lipinski definition) is 8. The molecule has 0 saturated carbocycles. The van der Waals surface area contributed by atoms with E-state index in [4.69, 9.17) is 18.2 Å². The molecule has 0 fully saturated rings. The molecule has 0 rings (SSSR count). The van der Waals surface area contributed by atoms with Gasteiger partial charge in [0.05, 0.1) is 21.3 Å². The standard InChI is InChI=1S/C10H25NO7Si/c1-6-8-9-11-10(7-2)15-19(16-12-3,17-13-4)18-14-5/h10-11H,6-9H2,1-5H3. The Labute approximate surface area is 115 Å². The van der Waals surface area contributed by atoms with Gasteiger partial charge in [0.25, 0.3) is 0 Å². The minimum Gasteiger partial charge on any atom is -0.331 e. The van der Waals surface area contributed by atoms with Crippen molar-refractivity contribution in [3.63, 3.8) is 0 Å². The molecule has 0 heterocycles. The molecule has 19 heavy (non-hydrogen) atoms. The number of rotatable bonds is 13. The van der Waals surface area contributed by atoms with Crippen molar-refractivity contribution < 1.29 is 32.8 Å². The first-order valence-corrected chi connectivity index (χ1v) is 7.87. The summed E-state index contributed by atoms with van der Waals surface area (Å²) in [5.41, 5.74) is 0. The Bertz CT molecular complexity index is 193. The second-order valence-corrected chi connectivity index (χ2v) is 5.31. The van der Waals surface area contributed by atoms with E-state index in [-0.39, 0.29) is 6.23 Å². The van der Waals surface area contributed by atoms with Crippen LogP contribution < -0.4 is 5.32 Å². The molecule has 0 spiro atoms. The van der Waals surface area contributed by atoms with Gasteiger partial charge in [-0.3, -0.25) is 5.32 Å². The molecule has 116 valence electrons. The third-order valence-electron chi connectivity index (χ3n) is 2.12. The van der Waals surface area contributed by atoms with Gasteiger partial charge in [-0.05, 0) is 19.4 Å². The first kappa shape index (κ1) is 18.9. The van der Waals surface area contributed by atoms with Crippen molar-refractivity contribution in [1.29, 1.82) is 0 Å². The zero-order chi connectivity index (χ0) is 14.6. The van der Waals surface area contributed by atoms with E-state index < -0.39 is 9.05 Å². The minimum atomic E-state index is -3.67. The van der Waals surface area contributed by atoms with Gasteiger partial charge in [-0.2, -0.15) is 13.7 Å². The van der Waals surface area contributed by atoms with Crippen molar-refractivity contribution >= 4 is 9.05 Å². The maximum Gasteiger partial charge on any atom is 0.765 e. The highest BCUT2D eigenvalue weighted by Gasteiger charge is 2.53. The molecule has 1 atom stereocenters. The van der Waals surface area contributed by atoms with Crippen molar-refractivity contribution in [2.24, 2.45) is 0 Å². The fourth-order valence-corrected chi connectivity index (χ4v) is 2.70. The second kappa shape index (κ2) is 11.7. The molecule has 1 N–H and O–H groups in total. The highest BCUT2D eigenvalue weighted by atomic mass is 28.4. The fraction of sp³-hybridized carbons (Fsp3) is 1.00. The summed E-state index contributed by atoms with van der Waals surface area (Å²) in [5.74, 6) is 0. The Morgan fingerprint density at radius 1 is 0.947 bits per heavy atom. The molecular weight excluding hydrogens is 274 g/mol. The van der Waals surface area contributed by atoms with Crippen LogP contribution in [0.1, 0.15) is 33.1 Å². The van der Waals surface area contributed by atoms with Gasteiger partial charge in [-0.25, -0.2) is 14.7 Å². The van der Waals surface area contributed by atoms with Gasteiger partial charge >= 0.3 is 9.05 Å². The summed E-state index contributed by atoms with van der Waals surface area (Å²) in [6.45, 7) is 4.88. The highest BCUT2D eigenvalue weighted by Crippen LogP contribution is 2.15. The molecule has 0 aliphatic rings. The first-order chi connectivity index (χ1) is 9.17. The van der Waals surface area contributed by atoms with Gasteiger partial charge in [-0.1, -0.05) is 20.3 Å². The molecule has 0 bridgehead atoms.